The molecule has 0 spiro atoms. The average Bonchev–Trinajstić information content (AvgIpc) is 2.20. The number of nitrogens with zero attached hydrogens (tertiary/aromatic N) is 1. The van der Waals surface area contributed by atoms with Gasteiger partial charge in [0, 0.05) is 29.2 Å². The van der Waals surface area contributed by atoms with Crippen molar-refractivity contribution in [3.8, 4) is 11.1 Å². The van der Waals surface area contributed by atoms with Crippen molar-refractivity contribution >= 4 is 5.69 Å². The molecule has 2 heteroatoms. The van der Waals surface area contributed by atoms with E-state index in [1.165, 1.54) is 0 Å². The van der Waals surface area contributed by atoms with Gasteiger partial charge in [-0.15, -0.1) is 0 Å². The molecule has 0 amide bonds. The van der Waals surface area contributed by atoms with Crippen LogP contribution in [0.1, 0.15) is 0 Å². The predicted molar refractivity (Wildman–Crippen MR) is 54.1 cm³/mol. The summed E-state index contributed by atoms with van der Waals surface area (Å²) in [5, 5.41) is 0. The summed E-state index contributed by atoms with van der Waals surface area (Å²) in [6, 6.07) is 11.7. The van der Waals surface area contributed by atoms with Gasteiger partial charge in [0.15, 0.2) is 0 Å². The van der Waals surface area contributed by atoms with E-state index in [1.807, 2.05) is 42.6 Å². The molecule has 1 heterocycles. The molecule has 0 aliphatic heterocycles. The van der Waals surface area contributed by atoms with E-state index in [0.717, 1.165) is 16.8 Å². The van der Waals surface area contributed by atoms with Crippen LogP contribution >= 0.6 is 0 Å². The molecule has 0 saturated heterocycles. The minimum atomic E-state index is 0.788. The van der Waals surface area contributed by atoms with Gasteiger partial charge in [-0.25, -0.2) is 0 Å². The Morgan fingerprint density at radius 1 is 1.00 bits per heavy atom. The third-order valence-electron chi connectivity index (χ3n) is 1.93. The molecule has 0 bridgehead atoms. The van der Waals surface area contributed by atoms with Crippen LogP contribution in [-0.2, 0) is 0 Å². The van der Waals surface area contributed by atoms with E-state index < -0.39 is 0 Å². The molecule has 0 saturated carbocycles. The largest absolute Gasteiger partial charge is 0.398 e. The van der Waals surface area contributed by atoms with E-state index in [9.17, 15) is 0 Å². The number of hydrogen-bond donors (Lipinski definition) is 1. The number of nitrogen functional groups attached to an aromatic ring is 1. The Hall–Kier alpha value is -1.83. The van der Waals surface area contributed by atoms with Gasteiger partial charge in [0.25, 0.3) is 0 Å². The second-order valence-corrected chi connectivity index (χ2v) is 2.83. The number of nitrogens with two attached hydrogens (primary N) is 1. The van der Waals surface area contributed by atoms with Crippen LogP contribution in [0.15, 0.2) is 48.8 Å². The highest BCUT2D eigenvalue weighted by Gasteiger charge is 1.99. The minimum absolute atomic E-state index is 0.788. The third kappa shape index (κ3) is 1.51. The number of para-hydroxylation sites is 1. The fourth-order valence-corrected chi connectivity index (χ4v) is 1.28. The molecule has 2 nitrogen and oxygen atoms in total. The zero-order valence-corrected chi connectivity index (χ0v) is 7.14. The minimum Gasteiger partial charge on any atom is -0.398 e. The highest BCUT2D eigenvalue weighted by Crippen LogP contribution is 2.23. The van der Waals surface area contributed by atoms with Crippen LogP contribution in [0.2, 0.25) is 0 Å². The van der Waals surface area contributed by atoms with Crippen molar-refractivity contribution in [2.75, 3.05) is 5.73 Å². The summed E-state index contributed by atoms with van der Waals surface area (Å²) in [5.41, 5.74) is 8.71. The number of hydrogen-bond acceptors (Lipinski definition) is 2. The molecule has 2 N–H and O–H groups in total. The molecule has 1 aromatic heterocycles. The average molecular weight is 170 g/mol. The zero-order valence-electron chi connectivity index (χ0n) is 7.14. The molecule has 0 fully saturated rings. The van der Waals surface area contributed by atoms with Crippen LogP contribution in [-0.4, -0.2) is 4.98 Å². The van der Waals surface area contributed by atoms with E-state index in [2.05, 4.69) is 4.98 Å². The topological polar surface area (TPSA) is 38.9 Å². The first kappa shape index (κ1) is 7.80. The van der Waals surface area contributed by atoms with Gasteiger partial charge in [-0.3, -0.25) is 4.98 Å². The van der Waals surface area contributed by atoms with Crippen molar-refractivity contribution in [1.29, 1.82) is 0 Å². The van der Waals surface area contributed by atoms with Crippen LogP contribution in [0, 0.1) is 0 Å². The summed E-state index contributed by atoms with van der Waals surface area (Å²) in [6.45, 7) is 0. The standard InChI is InChI=1S/C11H10N2/c12-11-6-2-1-5-10(11)9-4-3-7-13-8-9/h1-8H,12H2. The van der Waals surface area contributed by atoms with E-state index in [0.29, 0.717) is 0 Å². The Labute approximate surface area is 77.0 Å². The number of rotatable bonds is 1. The molecule has 0 unspecified atom stereocenters. The lowest BCUT2D eigenvalue weighted by atomic mass is 10.1. The molecule has 0 aliphatic rings. The summed E-state index contributed by atoms with van der Waals surface area (Å²) in [7, 11) is 0. The summed E-state index contributed by atoms with van der Waals surface area (Å²) in [5.74, 6) is 0. The Morgan fingerprint density at radius 3 is 2.54 bits per heavy atom. The molecular formula is C11H10N2. The van der Waals surface area contributed by atoms with Crippen LogP contribution < -0.4 is 5.73 Å². The van der Waals surface area contributed by atoms with Gasteiger partial charge in [-0.2, -0.15) is 0 Å². The van der Waals surface area contributed by atoms with E-state index >= 15 is 0 Å². The number of pyridine rings is 1. The first-order valence-corrected chi connectivity index (χ1v) is 4.13. The summed E-state index contributed by atoms with van der Waals surface area (Å²) in [6.07, 6.45) is 3.56. The summed E-state index contributed by atoms with van der Waals surface area (Å²) >= 11 is 0. The predicted octanol–water partition coefficient (Wildman–Crippen LogP) is 2.33. The third-order valence-corrected chi connectivity index (χ3v) is 1.93. The lowest BCUT2D eigenvalue weighted by molar-refractivity contribution is 1.33. The van der Waals surface area contributed by atoms with Gasteiger partial charge in [-0.05, 0) is 12.1 Å². The van der Waals surface area contributed by atoms with Crippen LogP contribution in [0.25, 0.3) is 11.1 Å². The number of anilines is 1. The van der Waals surface area contributed by atoms with Crippen molar-refractivity contribution < 1.29 is 0 Å². The monoisotopic (exact) mass is 170 g/mol. The van der Waals surface area contributed by atoms with Crippen LogP contribution in [0.5, 0.6) is 0 Å². The first-order chi connectivity index (χ1) is 6.38. The Morgan fingerprint density at radius 2 is 1.85 bits per heavy atom. The maximum Gasteiger partial charge on any atom is 0.0394 e. The van der Waals surface area contributed by atoms with Gasteiger partial charge >= 0.3 is 0 Å². The zero-order chi connectivity index (χ0) is 9.10. The molecule has 13 heavy (non-hydrogen) atoms. The van der Waals surface area contributed by atoms with Crippen molar-refractivity contribution in [2.45, 2.75) is 0 Å². The fourth-order valence-electron chi connectivity index (χ4n) is 1.28. The first-order valence-electron chi connectivity index (χ1n) is 4.13. The van der Waals surface area contributed by atoms with Crippen molar-refractivity contribution in [3.63, 3.8) is 0 Å². The molecule has 0 aliphatic carbocycles. The second kappa shape index (κ2) is 3.27. The molecule has 0 atom stereocenters. The maximum absolute atomic E-state index is 5.82. The fraction of sp³-hybridized carbons (Fsp3) is 0. The van der Waals surface area contributed by atoms with Gasteiger partial charge in [0.1, 0.15) is 0 Å². The molecule has 2 rings (SSSR count). The van der Waals surface area contributed by atoms with Gasteiger partial charge in [0.2, 0.25) is 0 Å². The Balaban J connectivity index is 2.54. The molecule has 0 radical (unpaired) electrons. The Bertz CT molecular complexity index is 396. The lowest BCUT2D eigenvalue weighted by Gasteiger charge is -2.03. The quantitative estimate of drug-likeness (QED) is 0.667. The maximum atomic E-state index is 5.82. The second-order valence-electron chi connectivity index (χ2n) is 2.83. The normalized spacial score (nSPS) is 9.85. The van der Waals surface area contributed by atoms with Crippen molar-refractivity contribution in [2.24, 2.45) is 0 Å². The number of aromatic nitrogens is 1. The van der Waals surface area contributed by atoms with Gasteiger partial charge in [0.05, 0.1) is 0 Å². The van der Waals surface area contributed by atoms with Crippen molar-refractivity contribution in [3.05, 3.63) is 48.8 Å². The van der Waals surface area contributed by atoms with Crippen molar-refractivity contribution in [1.82, 2.24) is 4.98 Å². The van der Waals surface area contributed by atoms with Gasteiger partial charge in [-0.1, -0.05) is 24.3 Å². The summed E-state index contributed by atoms with van der Waals surface area (Å²) < 4.78 is 0. The van der Waals surface area contributed by atoms with Crippen LogP contribution in [0.3, 0.4) is 0 Å². The van der Waals surface area contributed by atoms with E-state index in [-0.39, 0.29) is 0 Å². The Kier molecular flexibility index (Phi) is 1.96. The molecule has 64 valence electrons. The molecule has 2 aromatic rings. The summed E-state index contributed by atoms with van der Waals surface area (Å²) in [4.78, 5) is 4.05. The van der Waals surface area contributed by atoms with Gasteiger partial charge < -0.3 is 5.73 Å². The molecule has 1 aromatic carbocycles. The highest BCUT2D eigenvalue weighted by atomic mass is 14.6. The highest BCUT2D eigenvalue weighted by molar-refractivity contribution is 5.75. The van der Waals surface area contributed by atoms with E-state index in [4.69, 9.17) is 5.73 Å². The van der Waals surface area contributed by atoms with E-state index in [1.54, 1.807) is 6.20 Å². The SMILES string of the molecule is Nc1ccccc1-c1cccnc1. The number of benzene rings is 1. The smallest absolute Gasteiger partial charge is 0.0394 e. The molecular weight excluding hydrogens is 160 g/mol. The van der Waals surface area contributed by atoms with Crippen LogP contribution in [0.4, 0.5) is 5.69 Å². The lowest BCUT2D eigenvalue weighted by Crippen LogP contribution is -1.88.